The fraction of sp³-hybridized carbons (Fsp3) is 0.364. The van der Waals surface area contributed by atoms with Gasteiger partial charge in [-0.05, 0) is 50.8 Å². The molecule has 2 aliphatic rings. The molecule has 5 rings (SSSR count). The Bertz CT molecular complexity index is 1200. The van der Waals surface area contributed by atoms with Gasteiger partial charge in [-0.3, -0.25) is 14.7 Å². The fourth-order valence-corrected chi connectivity index (χ4v) is 4.50. The van der Waals surface area contributed by atoms with Crippen molar-refractivity contribution in [3.63, 3.8) is 0 Å². The Kier molecular flexibility index (Phi) is 4.30. The summed E-state index contributed by atoms with van der Waals surface area (Å²) in [5, 5.41) is 8.00. The second-order valence-corrected chi connectivity index (χ2v) is 7.75. The van der Waals surface area contributed by atoms with Crippen molar-refractivity contribution in [2.24, 2.45) is 0 Å². The van der Waals surface area contributed by atoms with Crippen LogP contribution < -0.4 is 5.56 Å². The lowest BCUT2D eigenvalue weighted by atomic mass is 9.95. The molecule has 2 aromatic heterocycles. The van der Waals surface area contributed by atoms with Gasteiger partial charge in [0.1, 0.15) is 5.82 Å². The second-order valence-electron chi connectivity index (χ2n) is 7.75. The van der Waals surface area contributed by atoms with Gasteiger partial charge >= 0.3 is 0 Å². The Balaban J connectivity index is 1.45. The van der Waals surface area contributed by atoms with E-state index in [1.165, 1.54) is 0 Å². The third kappa shape index (κ3) is 2.97. The van der Waals surface area contributed by atoms with Crippen LogP contribution in [0.2, 0.25) is 0 Å². The lowest BCUT2D eigenvalue weighted by molar-refractivity contribution is 0.0765. The van der Waals surface area contributed by atoms with E-state index >= 15 is 0 Å². The van der Waals surface area contributed by atoms with Gasteiger partial charge in [0.15, 0.2) is 5.69 Å². The first-order chi connectivity index (χ1) is 14.1. The van der Waals surface area contributed by atoms with Crippen LogP contribution in [-0.4, -0.2) is 43.6 Å². The van der Waals surface area contributed by atoms with Crippen LogP contribution in [0.25, 0.3) is 16.6 Å². The summed E-state index contributed by atoms with van der Waals surface area (Å²) in [4.78, 5) is 31.3. The minimum absolute atomic E-state index is 0.000638. The summed E-state index contributed by atoms with van der Waals surface area (Å²) >= 11 is 0. The SMILES string of the molecule is Cc1nc(=O)c2ccccc2n1C1=CCN(C(=O)c2n[nH]c3c2CCCC3)CC1. The molecule has 1 N–H and O–H groups in total. The summed E-state index contributed by atoms with van der Waals surface area (Å²) in [5.41, 5.74) is 4.53. The van der Waals surface area contributed by atoms with Crippen molar-refractivity contribution < 1.29 is 4.79 Å². The number of aryl methyl sites for hydroxylation is 2. The number of hydrogen-bond acceptors (Lipinski definition) is 4. The van der Waals surface area contributed by atoms with Crippen LogP contribution in [0.15, 0.2) is 35.1 Å². The first-order valence-electron chi connectivity index (χ1n) is 10.2. The predicted molar refractivity (Wildman–Crippen MR) is 111 cm³/mol. The van der Waals surface area contributed by atoms with Crippen LogP contribution in [0.5, 0.6) is 0 Å². The maximum Gasteiger partial charge on any atom is 0.280 e. The zero-order chi connectivity index (χ0) is 20.0. The molecule has 1 amide bonds. The van der Waals surface area contributed by atoms with Crippen LogP contribution in [-0.2, 0) is 12.8 Å². The number of aromatic amines is 1. The molecule has 0 bridgehead atoms. The zero-order valence-electron chi connectivity index (χ0n) is 16.4. The normalized spacial score (nSPS) is 16.6. The number of nitrogens with one attached hydrogen (secondary N) is 1. The summed E-state index contributed by atoms with van der Waals surface area (Å²) < 4.78 is 2.04. The van der Waals surface area contributed by atoms with Crippen molar-refractivity contribution in [2.45, 2.75) is 39.0 Å². The fourth-order valence-electron chi connectivity index (χ4n) is 4.50. The molecule has 1 aliphatic carbocycles. The van der Waals surface area contributed by atoms with E-state index in [0.717, 1.165) is 48.2 Å². The maximum atomic E-state index is 13.1. The Morgan fingerprint density at radius 2 is 1.97 bits per heavy atom. The van der Waals surface area contributed by atoms with E-state index in [9.17, 15) is 9.59 Å². The lowest BCUT2D eigenvalue weighted by Gasteiger charge is -2.28. The summed E-state index contributed by atoms with van der Waals surface area (Å²) in [5.74, 6) is 0.667. The highest BCUT2D eigenvalue weighted by Gasteiger charge is 2.27. The van der Waals surface area contributed by atoms with Crippen molar-refractivity contribution in [1.82, 2.24) is 24.6 Å². The van der Waals surface area contributed by atoms with E-state index in [0.29, 0.717) is 36.4 Å². The first-order valence-corrected chi connectivity index (χ1v) is 10.2. The average Bonchev–Trinajstić information content (AvgIpc) is 3.18. The third-order valence-electron chi connectivity index (χ3n) is 5.98. The summed E-state index contributed by atoms with van der Waals surface area (Å²) in [7, 11) is 0. The largest absolute Gasteiger partial charge is 0.333 e. The molecule has 0 saturated carbocycles. The summed E-state index contributed by atoms with van der Waals surface area (Å²) in [6, 6.07) is 7.53. The lowest BCUT2D eigenvalue weighted by Crippen LogP contribution is -2.36. The first kappa shape index (κ1) is 17.8. The maximum absolute atomic E-state index is 13.1. The van der Waals surface area contributed by atoms with Gasteiger partial charge in [-0.2, -0.15) is 10.1 Å². The predicted octanol–water partition coefficient (Wildman–Crippen LogP) is 2.69. The molecule has 148 valence electrons. The topological polar surface area (TPSA) is 83.9 Å². The highest BCUT2D eigenvalue weighted by Crippen LogP contribution is 2.26. The zero-order valence-corrected chi connectivity index (χ0v) is 16.4. The minimum Gasteiger partial charge on any atom is -0.333 e. The Morgan fingerprint density at radius 1 is 1.14 bits per heavy atom. The number of hydrogen-bond donors (Lipinski definition) is 1. The molecular formula is C22H23N5O2. The molecule has 7 nitrogen and oxygen atoms in total. The number of nitrogens with zero attached hydrogens (tertiary/aromatic N) is 4. The molecule has 0 fully saturated rings. The van der Waals surface area contributed by atoms with E-state index in [2.05, 4.69) is 21.3 Å². The van der Waals surface area contributed by atoms with Crippen LogP contribution >= 0.6 is 0 Å². The van der Waals surface area contributed by atoms with Gasteiger partial charge < -0.3 is 9.47 Å². The number of fused-ring (bicyclic) bond motifs is 2. The Morgan fingerprint density at radius 3 is 2.79 bits per heavy atom. The van der Waals surface area contributed by atoms with E-state index in [1.54, 1.807) is 6.07 Å². The van der Waals surface area contributed by atoms with Crippen molar-refractivity contribution >= 4 is 22.5 Å². The van der Waals surface area contributed by atoms with Crippen molar-refractivity contribution in [3.05, 3.63) is 63.5 Å². The van der Waals surface area contributed by atoms with Crippen molar-refractivity contribution in [1.29, 1.82) is 0 Å². The molecule has 0 saturated heterocycles. The molecule has 3 heterocycles. The number of carbonyl (C=O) groups is 1. The van der Waals surface area contributed by atoms with E-state index < -0.39 is 0 Å². The van der Waals surface area contributed by atoms with E-state index in [-0.39, 0.29) is 11.5 Å². The molecule has 7 heteroatoms. The molecule has 0 radical (unpaired) electrons. The van der Waals surface area contributed by atoms with Crippen LogP contribution in [0.1, 0.15) is 46.8 Å². The second kappa shape index (κ2) is 6.99. The Hall–Kier alpha value is -3.22. The van der Waals surface area contributed by atoms with Gasteiger partial charge in [-0.1, -0.05) is 12.1 Å². The van der Waals surface area contributed by atoms with Crippen LogP contribution in [0, 0.1) is 6.92 Å². The number of carbonyl (C=O) groups excluding carboxylic acids is 1. The number of rotatable bonds is 2. The monoisotopic (exact) mass is 389 g/mol. The van der Waals surface area contributed by atoms with Gasteiger partial charge in [0.2, 0.25) is 0 Å². The summed E-state index contributed by atoms with van der Waals surface area (Å²) in [6.07, 6.45) is 6.93. The molecule has 29 heavy (non-hydrogen) atoms. The van der Waals surface area contributed by atoms with Crippen LogP contribution in [0.4, 0.5) is 0 Å². The highest BCUT2D eigenvalue weighted by molar-refractivity contribution is 5.94. The van der Waals surface area contributed by atoms with Crippen molar-refractivity contribution in [2.75, 3.05) is 13.1 Å². The molecule has 1 aromatic carbocycles. The Labute approximate surface area is 168 Å². The minimum atomic E-state index is -0.203. The van der Waals surface area contributed by atoms with Crippen molar-refractivity contribution in [3.8, 4) is 0 Å². The summed E-state index contributed by atoms with van der Waals surface area (Å²) in [6.45, 7) is 2.99. The number of para-hydroxylation sites is 1. The average molecular weight is 389 g/mol. The number of aromatic nitrogens is 4. The number of benzene rings is 1. The van der Waals surface area contributed by atoms with Gasteiger partial charge in [-0.15, -0.1) is 0 Å². The van der Waals surface area contributed by atoms with Gasteiger partial charge in [0.05, 0.1) is 10.9 Å². The third-order valence-corrected chi connectivity index (χ3v) is 5.98. The smallest absolute Gasteiger partial charge is 0.280 e. The molecule has 0 atom stereocenters. The molecule has 0 unspecified atom stereocenters. The van der Waals surface area contributed by atoms with Crippen LogP contribution in [0.3, 0.4) is 0 Å². The molecule has 1 aliphatic heterocycles. The van der Waals surface area contributed by atoms with Gasteiger partial charge in [0, 0.05) is 36.5 Å². The standard InChI is InChI=1S/C22H23N5O2/c1-14-23-21(28)17-7-3-5-9-19(17)27(14)15-10-12-26(13-11-15)22(29)20-16-6-2-4-8-18(16)24-25-20/h3,5,7,9-10H,2,4,6,8,11-13H2,1H3,(H,24,25). The van der Waals surface area contributed by atoms with E-state index in [4.69, 9.17) is 0 Å². The number of H-pyrrole nitrogens is 1. The molecule has 0 spiro atoms. The number of amides is 1. The van der Waals surface area contributed by atoms with Gasteiger partial charge in [0.25, 0.3) is 11.5 Å². The van der Waals surface area contributed by atoms with Gasteiger partial charge in [-0.25, -0.2) is 0 Å². The van der Waals surface area contributed by atoms with E-state index in [1.807, 2.05) is 34.6 Å². The quantitative estimate of drug-likeness (QED) is 0.730. The molecular weight excluding hydrogens is 366 g/mol. The highest BCUT2D eigenvalue weighted by atomic mass is 16.2. The molecule has 3 aromatic rings.